The predicted octanol–water partition coefficient (Wildman–Crippen LogP) is -0.154. The lowest BCUT2D eigenvalue weighted by Gasteiger charge is -2.29. The number of carbonyl (C=O) groups is 9. The Labute approximate surface area is 448 Å². The minimum absolute atomic E-state index is 0.0369. The van der Waals surface area contributed by atoms with Crippen molar-refractivity contribution in [3.63, 3.8) is 0 Å². The number of phenolic OH excluding ortho intramolecular Hbond substituents is 1. The monoisotopic (exact) mass is 1090 g/mol. The molecule has 24 heteroatoms. The molecule has 2 heterocycles. The smallest absolute Gasteiger partial charge is 0.244 e. The van der Waals surface area contributed by atoms with Crippen molar-refractivity contribution in [1.29, 1.82) is 0 Å². The molecule has 3 aromatic carbocycles. The number of aromatic hydroxyl groups is 1. The number of aliphatic hydroxyl groups is 1. The summed E-state index contributed by atoms with van der Waals surface area (Å²) in [5.74, 6) is -8.49. The number of primary amides is 1. The summed E-state index contributed by atoms with van der Waals surface area (Å²) in [5.41, 5.74) is 13.9. The Morgan fingerprint density at radius 3 is 1.97 bits per heavy atom. The van der Waals surface area contributed by atoms with Gasteiger partial charge in [-0.2, -0.15) is 0 Å². The van der Waals surface area contributed by atoms with E-state index in [1.54, 1.807) is 62.5 Å². The molecule has 1 saturated heterocycles. The minimum Gasteiger partial charge on any atom is -0.508 e. The molecule has 0 saturated carbocycles. The molecular formula is C52H69N11O11S2. The Hall–Kier alpha value is -7.15. The Bertz CT molecular complexity index is 2660. The van der Waals surface area contributed by atoms with Gasteiger partial charge in [-0.25, -0.2) is 0 Å². The number of rotatable bonds is 18. The number of phenols is 1. The third kappa shape index (κ3) is 18.0. The molecule has 0 radical (unpaired) electrons. The summed E-state index contributed by atoms with van der Waals surface area (Å²) in [5, 5.41) is 42.7. The molecule has 410 valence electrons. The van der Waals surface area contributed by atoms with Crippen molar-refractivity contribution in [3.05, 3.63) is 102 Å². The number of hydrogen-bond donors (Lipinski definition) is 13. The van der Waals surface area contributed by atoms with Gasteiger partial charge in [0.1, 0.15) is 54.1 Å². The molecule has 0 aliphatic carbocycles. The van der Waals surface area contributed by atoms with Crippen LogP contribution in [0.5, 0.6) is 5.75 Å². The summed E-state index contributed by atoms with van der Waals surface area (Å²) >= 11 is 0. The highest BCUT2D eigenvalue weighted by Crippen LogP contribution is 2.25. The van der Waals surface area contributed by atoms with E-state index >= 15 is 0 Å². The lowest BCUT2D eigenvalue weighted by molar-refractivity contribution is -0.136. The maximum Gasteiger partial charge on any atom is 0.244 e. The molecule has 1 aliphatic heterocycles. The van der Waals surface area contributed by atoms with Gasteiger partial charge >= 0.3 is 0 Å². The molecular weight excluding hydrogens is 1020 g/mol. The normalized spacial score (nSPS) is 21.6. The standard InChI is InChI=1S/C52H69N11O11S2/c1-28(2)43-52(74)61-42(51(73)63-44(29(3)64)45(54)67)27-76-75-26-41(60-47(69)38(56-30(4)65)22-31-12-6-5-7-13-31)50(72)58-39(23-32-17-19-34(66)20-18-32)48(70)59-40(24-33-25-55-36-15-9-8-14-35(33)36)49(71)57-37(46(68)62-43)16-10-11-21-53/h5-9,12-15,17-20,25,28-29,37-44,55,64,66H,10-11,16,21-24,26-27,53H2,1-4H3,(H2,54,67)(H,56,65)(H,57,71)(H,58,72)(H,59,70)(H,60,69)(H,61,74)(H,62,68)(H,63,73)/t29-,37?,38-,39+,40?,41?,42+,43+,44+/m1/s1. The number of hydrogen-bond acceptors (Lipinski definition) is 14. The zero-order valence-electron chi connectivity index (χ0n) is 42.8. The Morgan fingerprint density at radius 1 is 0.711 bits per heavy atom. The highest BCUT2D eigenvalue weighted by molar-refractivity contribution is 8.76. The fraction of sp³-hybridized carbons (Fsp3) is 0.442. The summed E-state index contributed by atoms with van der Waals surface area (Å²) in [6.07, 6.45) is 0.893. The van der Waals surface area contributed by atoms with Crippen LogP contribution in [0.25, 0.3) is 10.9 Å². The van der Waals surface area contributed by atoms with Gasteiger partial charge in [-0.1, -0.05) is 96.1 Å². The second-order valence-electron chi connectivity index (χ2n) is 18.9. The van der Waals surface area contributed by atoms with Gasteiger partial charge in [-0.3, -0.25) is 43.2 Å². The van der Waals surface area contributed by atoms with Crippen molar-refractivity contribution in [2.24, 2.45) is 17.4 Å². The van der Waals surface area contributed by atoms with Crippen molar-refractivity contribution in [3.8, 4) is 5.75 Å². The highest BCUT2D eigenvalue weighted by atomic mass is 33.1. The molecule has 15 N–H and O–H groups in total. The quantitative estimate of drug-likeness (QED) is 0.0455. The largest absolute Gasteiger partial charge is 0.508 e. The summed E-state index contributed by atoms with van der Waals surface area (Å²) in [6, 6.07) is 10.9. The predicted molar refractivity (Wildman–Crippen MR) is 289 cm³/mol. The number of amides is 9. The van der Waals surface area contributed by atoms with Gasteiger partial charge in [0.25, 0.3) is 0 Å². The molecule has 9 amide bonds. The number of benzene rings is 3. The van der Waals surface area contributed by atoms with Crippen molar-refractivity contribution < 1.29 is 53.4 Å². The zero-order valence-corrected chi connectivity index (χ0v) is 44.4. The average Bonchev–Trinajstić information content (AvgIpc) is 3.79. The number of fused-ring (bicyclic) bond motifs is 1. The molecule has 76 heavy (non-hydrogen) atoms. The number of nitrogens with one attached hydrogen (secondary N) is 9. The topological polar surface area (TPSA) is 358 Å². The van der Waals surface area contributed by atoms with Gasteiger partial charge in [0.05, 0.1) is 6.10 Å². The molecule has 0 spiro atoms. The molecule has 1 fully saturated rings. The van der Waals surface area contributed by atoms with Gasteiger partial charge in [-0.15, -0.1) is 0 Å². The van der Waals surface area contributed by atoms with Crippen LogP contribution >= 0.6 is 21.6 Å². The summed E-state index contributed by atoms with van der Waals surface area (Å²) in [7, 11) is 1.97. The number of aromatic nitrogens is 1. The molecule has 4 aromatic rings. The van der Waals surface area contributed by atoms with E-state index in [0.717, 1.165) is 32.5 Å². The number of unbranched alkanes of at least 4 members (excludes halogenated alkanes) is 1. The summed E-state index contributed by atoms with van der Waals surface area (Å²) in [4.78, 5) is 129. The minimum atomic E-state index is -1.57. The molecule has 1 aliphatic rings. The van der Waals surface area contributed by atoms with Gasteiger partial charge in [0.15, 0.2) is 0 Å². The van der Waals surface area contributed by atoms with E-state index in [9.17, 15) is 53.4 Å². The molecule has 0 bridgehead atoms. The van der Waals surface area contributed by atoms with Crippen molar-refractivity contribution in [1.82, 2.24) is 47.5 Å². The zero-order chi connectivity index (χ0) is 55.5. The van der Waals surface area contributed by atoms with Crippen LogP contribution in [0.15, 0.2) is 85.1 Å². The first kappa shape index (κ1) is 59.7. The number of carbonyl (C=O) groups excluding carboxylic acids is 9. The van der Waals surface area contributed by atoms with Gasteiger partial charge < -0.3 is 69.2 Å². The molecule has 3 unspecified atom stereocenters. The fourth-order valence-electron chi connectivity index (χ4n) is 8.29. The van der Waals surface area contributed by atoms with Crippen LogP contribution in [0, 0.1) is 5.92 Å². The maximum absolute atomic E-state index is 14.9. The number of H-pyrrole nitrogens is 1. The molecule has 5 rings (SSSR count). The highest BCUT2D eigenvalue weighted by Gasteiger charge is 2.37. The van der Waals surface area contributed by atoms with E-state index in [1.165, 1.54) is 26.0 Å². The second kappa shape index (κ2) is 29.2. The van der Waals surface area contributed by atoms with Crippen LogP contribution in [0.1, 0.15) is 63.6 Å². The second-order valence-corrected chi connectivity index (χ2v) is 21.4. The molecule has 1 aromatic heterocycles. The van der Waals surface area contributed by atoms with Gasteiger partial charge in [0.2, 0.25) is 53.2 Å². The van der Waals surface area contributed by atoms with E-state index < -0.39 is 114 Å². The summed E-state index contributed by atoms with van der Waals surface area (Å²) < 4.78 is 0. The third-order valence-corrected chi connectivity index (χ3v) is 14.9. The van der Waals surface area contributed by atoms with Gasteiger partial charge in [-0.05, 0) is 73.5 Å². The van der Waals surface area contributed by atoms with Crippen LogP contribution in [-0.4, -0.2) is 141 Å². The Balaban J connectivity index is 1.61. The fourth-order valence-corrected chi connectivity index (χ4v) is 10.6. The van der Waals surface area contributed by atoms with Crippen LogP contribution in [-0.2, 0) is 62.4 Å². The van der Waals surface area contributed by atoms with E-state index in [2.05, 4.69) is 47.5 Å². The number of aliphatic hydroxyl groups excluding tert-OH is 1. The number of nitrogens with two attached hydrogens (primary N) is 2. The summed E-state index contributed by atoms with van der Waals surface area (Å²) in [6.45, 7) is 6.04. The van der Waals surface area contributed by atoms with E-state index in [0.29, 0.717) is 29.5 Å². The van der Waals surface area contributed by atoms with Crippen molar-refractivity contribution >= 4 is 85.7 Å². The van der Waals surface area contributed by atoms with Crippen LogP contribution in [0.3, 0.4) is 0 Å². The van der Waals surface area contributed by atoms with E-state index in [1.807, 2.05) is 24.3 Å². The average molecular weight is 1090 g/mol. The van der Waals surface area contributed by atoms with Crippen LogP contribution < -0.4 is 54.0 Å². The van der Waals surface area contributed by atoms with E-state index in [4.69, 9.17) is 11.5 Å². The van der Waals surface area contributed by atoms with E-state index in [-0.39, 0.29) is 49.5 Å². The third-order valence-electron chi connectivity index (χ3n) is 12.4. The lowest BCUT2D eigenvalue weighted by atomic mass is 10.00. The number of aromatic amines is 1. The first-order chi connectivity index (χ1) is 36.2. The Morgan fingerprint density at radius 2 is 1.33 bits per heavy atom. The van der Waals surface area contributed by atoms with Crippen molar-refractivity contribution in [2.45, 2.75) is 121 Å². The van der Waals surface area contributed by atoms with Crippen LogP contribution in [0.4, 0.5) is 0 Å². The number of para-hydroxylation sites is 1. The van der Waals surface area contributed by atoms with Crippen LogP contribution in [0.2, 0.25) is 0 Å². The molecule has 22 nitrogen and oxygen atoms in total. The first-order valence-corrected chi connectivity index (χ1v) is 27.4. The Kier molecular flexibility index (Phi) is 23.0. The van der Waals surface area contributed by atoms with Gasteiger partial charge in [0, 0.05) is 54.8 Å². The SMILES string of the molecule is CC(=O)N[C@H](Cc1ccccc1)C(=O)NC1CSSC[C@@H](C(=O)N[C@H](C(N)=O)[C@@H](C)O)NC(=O)[C@H](C(C)C)NC(=O)C(CCCCN)NC(=O)C(Cc2c[nH]c3ccccc23)NC(=O)[C@H](Cc2ccc(O)cc2)NC1=O. The first-order valence-electron chi connectivity index (χ1n) is 24.9. The lowest BCUT2D eigenvalue weighted by Crippen LogP contribution is -2.62. The maximum atomic E-state index is 14.9. The molecule has 9 atom stereocenters. The van der Waals surface area contributed by atoms with Crippen molar-refractivity contribution in [2.75, 3.05) is 18.1 Å².